The van der Waals surface area contributed by atoms with Crippen LogP contribution in [0.3, 0.4) is 0 Å². The van der Waals surface area contributed by atoms with E-state index in [9.17, 15) is 4.79 Å². The van der Waals surface area contributed by atoms with E-state index >= 15 is 0 Å². The highest BCUT2D eigenvalue weighted by molar-refractivity contribution is 5.93. The van der Waals surface area contributed by atoms with Gasteiger partial charge in [-0.2, -0.15) is 0 Å². The molecule has 3 nitrogen and oxygen atoms in total. The zero-order valence-electron chi connectivity index (χ0n) is 12.3. The van der Waals surface area contributed by atoms with Crippen LogP contribution in [0.15, 0.2) is 54.9 Å². The minimum absolute atomic E-state index is 0.230. The van der Waals surface area contributed by atoms with Gasteiger partial charge in [0.2, 0.25) is 0 Å². The van der Waals surface area contributed by atoms with Gasteiger partial charge in [0.15, 0.2) is 12.4 Å². The molecular formula is C14H15N2O+. The average molecular weight is 231 g/mol. The lowest BCUT2D eigenvalue weighted by Crippen LogP contribution is -2.28. The molecule has 0 aliphatic rings. The number of carbonyl (C=O) groups is 1. The van der Waals surface area contributed by atoms with E-state index < -0.39 is 6.98 Å². The van der Waals surface area contributed by atoms with Crippen LogP contribution < -0.4 is 9.88 Å². The van der Waals surface area contributed by atoms with Crippen LogP contribution in [0.25, 0.3) is 0 Å². The van der Waals surface area contributed by atoms with E-state index in [1.54, 1.807) is 0 Å². The van der Waals surface area contributed by atoms with Crippen LogP contribution in [0.4, 0.5) is 0 Å². The van der Waals surface area contributed by atoms with E-state index in [4.69, 9.17) is 4.11 Å². The summed E-state index contributed by atoms with van der Waals surface area (Å²) in [6.45, 7) is -1.78. The Morgan fingerprint density at radius 1 is 1.24 bits per heavy atom. The fourth-order valence-corrected chi connectivity index (χ4v) is 1.46. The molecule has 0 fully saturated rings. The summed E-state index contributed by atoms with van der Waals surface area (Å²) in [6, 6.07) is 12.6. The molecule has 1 aromatic heterocycles. The Hall–Kier alpha value is -2.16. The highest BCUT2D eigenvalue weighted by Gasteiger charge is 2.06. The lowest BCUT2D eigenvalue weighted by Gasteiger charge is -2.04. The fourth-order valence-electron chi connectivity index (χ4n) is 1.46. The largest absolute Gasteiger partial charge is 0.348 e. The van der Waals surface area contributed by atoms with Crippen LogP contribution in [-0.4, -0.2) is 5.91 Å². The maximum Gasteiger partial charge on any atom is 0.252 e. The second-order valence-corrected chi connectivity index (χ2v) is 3.66. The molecule has 0 aliphatic carbocycles. The highest BCUT2D eigenvalue weighted by atomic mass is 16.1. The third kappa shape index (κ3) is 3.14. The van der Waals surface area contributed by atoms with Crippen molar-refractivity contribution in [3.63, 3.8) is 0 Å². The van der Waals surface area contributed by atoms with Gasteiger partial charge in [0.1, 0.15) is 11.1 Å². The summed E-state index contributed by atoms with van der Waals surface area (Å²) in [5, 5.41) is 2.78. The molecule has 2 rings (SSSR count). The van der Waals surface area contributed by atoms with Crippen molar-refractivity contribution in [2.24, 2.45) is 6.98 Å². The first-order chi connectivity index (χ1) is 9.47. The minimum Gasteiger partial charge on any atom is -0.348 e. The first-order valence-corrected chi connectivity index (χ1v) is 5.31. The van der Waals surface area contributed by atoms with Crippen LogP contribution in [0.5, 0.6) is 0 Å². The number of hydrogen-bond donors (Lipinski definition) is 1. The fraction of sp³-hybridized carbons (Fsp3) is 0.143. The van der Waals surface area contributed by atoms with Gasteiger partial charge >= 0.3 is 0 Å². The summed E-state index contributed by atoms with van der Waals surface area (Å²) < 4.78 is 22.8. The smallest absolute Gasteiger partial charge is 0.252 e. The standard InChI is InChI=1S/C14H14N2O/c1-16-9-7-13(8-10-16)14(17)15-11-12-5-3-2-4-6-12/h2-10H,11H2,1H3/p+1/i1+1D3. The summed E-state index contributed by atoms with van der Waals surface area (Å²) in [5.41, 5.74) is 1.44. The topological polar surface area (TPSA) is 33.0 Å². The van der Waals surface area contributed by atoms with E-state index in [0.29, 0.717) is 12.1 Å². The number of nitrogens with one attached hydrogen (secondary N) is 1. The number of carbonyl (C=O) groups excluding carboxylic acids is 1. The zero-order chi connectivity index (χ0) is 14.6. The molecular weight excluding hydrogens is 213 g/mol. The minimum atomic E-state index is -2.22. The Balaban J connectivity index is 1.99. The van der Waals surface area contributed by atoms with Crippen LogP contribution >= 0.6 is 0 Å². The second kappa shape index (κ2) is 5.25. The molecule has 0 spiro atoms. The predicted molar refractivity (Wildman–Crippen MR) is 65.2 cm³/mol. The molecule has 0 saturated carbocycles. The van der Waals surface area contributed by atoms with E-state index in [1.807, 2.05) is 30.3 Å². The Kier molecular flexibility index (Phi) is 2.47. The van der Waals surface area contributed by atoms with Gasteiger partial charge in [-0.1, -0.05) is 30.3 Å². The summed E-state index contributed by atoms with van der Waals surface area (Å²) in [5.74, 6) is -0.230. The molecule has 3 heteroatoms. The number of nitrogens with zero attached hydrogens (tertiary/aromatic N) is 1. The number of rotatable bonds is 3. The quantitative estimate of drug-likeness (QED) is 0.629. The molecule has 0 bridgehead atoms. The molecule has 86 valence electrons. The maximum absolute atomic E-state index is 11.9. The summed E-state index contributed by atoms with van der Waals surface area (Å²) >= 11 is 0. The molecule has 0 saturated heterocycles. The maximum atomic E-state index is 11.9. The van der Waals surface area contributed by atoms with Crippen molar-refractivity contribution in [2.45, 2.75) is 6.54 Å². The van der Waals surface area contributed by atoms with Crippen molar-refractivity contribution in [1.29, 1.82) is 0 Å². The number of pyridine rings is 1. The molecule has 1 heterocycles. The van der Waals surface area contributed by atoms with Gasteiger partial charge in [-0.15, -0.1) is 0 Å². The van der Waals surface area contributed by atoms with Gasteiger partial charge in [0.25, 0.3) is 5.91 Å². The van der Waals surface area contributed by atoms with Crippen molar-refractivity contribution >= 4 is 5.91 Å². The first-order valence-electron chi connectivity index (χ1n) is 6.81. The van der Waals surface area contributed by atoms with Crippen molar-refractivity contribution in [2.75, 3.05) is 0 Å². The highest BCUT2D eigenvalue weighted by Crippen LogP contribution is 1.99. The SMILES string of the molecule is [2H][13C]([2H])([2H])[n+]1ccc(C(=O)NCc2ccccc2)cc1. The van der Waals surface area contributed by atoms with E-state index in [2.05, 4.69) is 5.32 Å². The first kappa shape index (κ1) is 8.01. The molecule has 1 amide bonds. The molecule has 2 aromatic rings. The van der Waals surface area contributed by atoms with Gasteiger partial charge in [-0.05, 0) is 5.56 Å². The normalized spacial score (nSPS) is 13.3. The molecule has 0 atom stereocenters. The third-order valence-corrected chi connectivity index (χ3v) is 2.39. The van der Waals surface area contributed by atoms with E-state index in [-0.39, 0.29) is 5.91 Å². The van der Waals surface area contributed by atoms with Gasteiger partial charge in [-0.3, -0.25) is 4.79 Å². The molecule has 1 aromatic carbocycles. The molecule has 0 radical (unpaired) electrons. The van der Waals surface area contributed by atoms with Crippen molar-refractivity contribution < 1.29 is 13.5 Å². The van der Waals surface area contributed by atoms with Gasteiger partial charge in [-0.25, -0.2) is 4.57 Å². The summed E-state index contributed by atoms with van der Waals surface area (Å²) in [4.78, 5) is 11.9. The Morgan fingerprint density at radius 2 is 1.94 bits per heavy atom. The molecule has 0 unspecified atom stereocenters. The van der Waals surface area contributed by atoms with Crippen LogP contribution in [-0.2, 0) is 13.5 Å². The number of hydrogen-bond acceptors (Lipinski definition) is 1. The van der Waals surface area contributed by atoms with Gasteiger partial charge < -0.3 is 5.32 Å². The van der Waals surface area contributed by atoms with Crippen molar-refractivity contribution in [1.82, 2.24) is 5.32 Å². The number of benzene rings is 1. The Bertz CT molecular complexity index is 580. The second-order valence-electron chi connectivity index (χ2n) is 3.66. The number of aryl methyl sites for hydroxylation is 1. The molecule has 17 heavy (non-hydrogen) atoms. The monoisotopic (exact) mass is 231 g/mol. The molecule has 0 aliphatic heterocycles. The zero-order valence-corrected chi connectivity index (χ0v) is 9.26. The Labute approximate surface area is 105 Å². The average Bonchev–Trinajstić information content (AvgIpc) is 2.45. The van der Waals surface area contributed by atoms with E-state index in [0.717, 1.165) is 10.1 Å². The van der Waals surface area contributed by atoms with Crippen molar-refractivity contribution in [3.8, 4) is 0 Å². The lowest BCUT2D eigenvalue weighted by molar-refractivity contribution is -0.671. The van der Waals surface area contributed by atoms with Gasteiger partial charge in [0, 0.05) is 18.7 Å². The lowest BCUT2D eigenvalue weighted by atomic mass is 10.2. The van der Waals surface area contributed by atoms with E-state index in [1.165, 1.54) is 24.5 Å². The Morgan fingerprint density at radius 3 is 2.59 bits per heavy atom. The number of amides is 1. The summed E-state index contributed by atoms with van der Waals surface area (Å²) in [7, 11) is 0. The summed E-state index contributed by atoms with van der Waals surface area (Å²) in [6.07, 6.45) is 2.76. The third-order valence-electron chi connectivity index (χ3n) is 2.39. The van der Waals surface area contributed by atoms with Crippen LogP contribution in [0, 0.1) is 0 Å². The van der Waals surface area contributed by atoms with Gasteiger partial charge in [0.05, 0.1) is 5.56 Å². The number of aromatic nitrogens is 1. The predicted octanol–water partition coefficient (Wildman–Crippen LogP) is 1.44. The van der Waals surface area contributed by atoms with Crippen LogP contribution in [0.1, 0.15) is 20.0 Å². The van der Waals surface area contributed by atoms with Crippen LogP contribution in [0.2, 0.25) is 0 Å². The molecule has 1 N–H and O–H groups in total. The van der Waals surface area contributed by atoms with Crippen molar-refractivity contribution in [3.05, 3.63) is 66.0 Å².